The number of hydrogen-bond donors (Lipinski definition) is 1. The van der Waals surface area contributed by atoms with Crippen molar-refractivity contribution in [2.24, 2.45) is 0 Å². The molecule has 1 amide bonds. The maximum Gasteiger partial charge on any atom is 0.224 e. The number of rotatable bonds is 7. The third-order valence-electron chi connectivity index (χ3n) is 6.53. The Balaban J connectivity index is 1.46. The van der Waals surface area contributed by atoms with Gasteiger partial charge in [0.2, 0.25) is 5.91 Å². The van der Waals surface area contributed by atoms with Gasteiger partial charge in [0.1, 0.15) is 5.75 Å². The minimum atomic E-state index is -2.29. The Morgan fingerprint density at radius 2 is 1.89 bits per heavy atom. The fraction of sp³-hybridized carbons (Fsp3) is 0.536. The second kappa shape index (κ2) is 11.0. The summed E-state index contributed by atoms with van der Waals surface area (Å²) in [5.74, 6) is 0.820. The summed E-state index contributed by atoms with van der Waals surface area (Å²) in [6.45, 7) is 5.63. The van der Waals surface area contributed by atoms with Gasteiger partial charge in [0, 0.05) is 47.3 Å². The van der Waals surface area contributed by atoms with E-state index in [1.54, 1.807) is 19.1 Å². The summed E-state index contributed by atoms with van der Waals surface area (Å²) in [5.41, 5.74) is 3.83. The number of anilines is 2. The number of amides is 1. The third-order valence-corrected chi connectivity index (χ3v) is 7.49. The predicted molar refractivity (Wildman–Crippen MR) is 147 cm³/mol. The van der Waals surface area contributed by atoms with Crippen LogP contribution in [0.25, 0.3) is 0 Å². The van der Waals surface area contributed by atoms with Gasteiger partial charge in [0.15, 0.2) is 0 Å². The Kier molecular flexibility index (Phi) is 6.32. The molecule has 35 heavy (non-hydrogen) atoms. The number of benzene rings is 2. The van der Waals surface area contributed by atoms with Crippen LogP contribution >= 0.6 is 23.2 Å². The molecular weight excluding hydrogens is 481 g/mol. The molecule has 2 aliphatic rings. The van der Waals surface area contributed by atoms with Gasteiger partial charge in [0.25, 0.3) is 0 Å². The predicted octanol–water partition coefficient (Wildman–Crippen LogP) is 6.81. The molecule has 0 radical (unpaired) electrons. The quantitative estimate of drug-likeness (QED) is 0.405. The number of carbonyl (C=O) groups is 1. The molecule has 1 fully saturated rings. The van der Waals surface area contributed by atoms with Gasteiger partial charge in [-0.1, -0.05) is 42.3 Å². The second-order valence-corrected chi connectivity index (χ2v) is 10.2. The number of aryl methyl sites for hydroxylation is 2. The highest BCUT2D eigenvalue weighted by Crippen LogP contribution is 2.38. The highest BCUT2D eigenvalue weighted by atomic mass is 35.5. The molecule has 4 atom stereocenters. The summed E-state index contributed by atoms with van der Waals surface area (Å²) < 4.78 is 51.0. The number of hydrogen-bond acceptors (Lipinski definition) is 4. The van der Waals surface area contributed by atoms with Crippen LogP contribution in [0.4, 0.5) is 11.4 Å². The van der Waals surface area contributed by atoms with Crippen LogP contribution in [0, 0.1) is 13.8 Å². The first-order valence-electron chi connectivity index (χ1n) is 14.6. The lowest BCUT2D eigenvalue weighted by Gasteiger charge is -2.46. The van der Waals surface area contributed by atoms with Crippen molar-refractivity contribution in [1.82, 2.24) is 4.90 Å². The van der Waals surface area contributed by atoms with E-state index in [2.05, 4.69) is 5.32 Å². The van der Waals surface area contributed by atoms with Gasteiger partial charge >= 0.3 is 0 Å². The number of fused-ring (bicyclic) bond motifs is 1. The van der Waals surface area contributed by atoms with Crippen molar-refractivity contribution in [2.45, 2.75) is 71.8 Å². The zero-order valence-corrected chi connectivity index (χ0v) is 22.5. The molecule has 2 aromatic carbocycles. The van der Waals surface area contributed by atoms with Gasteiger partial charge < -0.3 is 15.0 Å². The lowest BCUT2D eigenvalue weighted by Crippen LogP contribution is -2.57. The van der Waals surface area contributed by atoms with Gasteiger partial charge in [-0.25, -0.2) is 0 Å². The minimum absolute atomic E-state index is 0.00958. The third kappa shape index (κ3) is 5.73. The van der Waals surface area contributed by atoms with E-state index < -0.39 is 25.1 Å². The molecule has 190 valence electrons. The smallest absolute Gasteiger partial charge is 0.224 e. The van der Waals surface area contributed by atoms with Crippen LogP contribution in [0.2, 0.25) is 10.0 Å². The highest BCUT2D eigenvalue weighted by molar-refractivity contribution is 6.44. The Hall–Kier alpha value is -1.95. The fourth-order valence-electron chi connectivity index (χ4n) is 4.68. The second-order valence-electron chi connectivity index (χ2n) is 9.44. The molecule has 0 aromatic heterocycles. The molecule has 2 aromatic rings. The number of nitrogens with one attached hydrogen (secondary N) is 1. The summed E-state index contributed by atoms with van der Waals surface area (Å²) in [7, 11) is 0. The van der Waals surface area contributed by atoms with E-state index in [1.165, 1.54) is 23.6 Å². The fourth-order valence-corrected chi connectivity index (χ4v) is 5.13. The number of halogens is 2. The van der Waals surface area contributed by atoms with Crippen LogP contribution in [0.1, 0.15) is 69.5 Å². The largest absolute Gasteiger partial charge is 0.493 e. The van der Waals surface area contributed by atoms with Crippen molar-refractivity contribution in [1.29, 1.82) is 0 Å². The molecule has 2 heterocycles. The zero-order chi connectivity index (χ0) is 29.8. The van der Waals surface area contributed by atoms with E-state index in [0.717, 1.165) is 22.4 Å². The molecule has 0 bridgehead atoms. The van der Waals surface area contributed by atoms with Crippen molar-refractivity contribution in [3.8, 4) is 5.75 Å². The van der Waals surface area contributed by atoms with Crippen molar-refractivity contribution in [3.63, 3.8) is 0 Å². The van der Waals surface area contributed by atoms with Crippen LogP contribution in [-0.2, 0) is 4.79 Å². The molecule has 0 saturated carbocycles. The Morgan fingerprint density at radius 1 is 1.11 bits per heavy atom. The molecule has 1 N–H and O–H groups in total. The standard InChI is InChI=1S/C28H37Cl2N3O2/c1-17-8-9-24(28(30)27(17)29)33-20(4)15-32(16-21(33)5)10-6-7-11-35-25-14-23-22(12-19(25)3)18(2)13-26(34)31-23/h8-9,12,14,18,20-21H,6-7,10-11,13,15-16H2,1-5H3,(H,31,34)/i15D,16D2,20D,21D. The summed E-state index contributed by atoms with van der Waals surface area (Å²) in [6.07, 6.45) is 1.53. The number of nitrogens with zero attached hydrogens (tertiary/aromatic N) is 2. The van der Waals surface area contributed by atoms with E-state index in [1.807, 2.05) is 26.0 Å². The number of carbonyl (C=O) groups excluding carboxylic acids is 1. The lowest BCUT2D eigenvalue weighted by molar-refractivity contribution is -0.116. The molecular formula is C28H37Cl2N3O2. The van der Waals surface area contributed by atoms with Crippen LogP contribution in [0.5, 0.6) is 5.75 Å². The van der Waals surface area contributed by atoms with Crippen molar-refractivity contribution in [2.75, 3.05) is 36.4 Å². The average molecular weight is 524 g/mol. The van der Waals surface area contributed by atoms with E-state index in [4.69, 9.17) is 34.8 Å². The minimum Gasteiger partial charge on any atom is -0.493 e. The summed E-state index contributed by atoms with van der Waals surface area (Å²) in [6, 6.07) is 3.59. The molecule has 0 spiro atoms. The van der Waals surface area contributed by atoms with Gasteiger partial charge in [-0.3, -0.25) is 9.69 Å². The number of ether oxygens (including phenoxy) is 1. The van der Waals surface area contributed by atoms with Crippen molar-refractivity contribution in [3.05, 3.63) is 51.0 Å². The maximum atomic E-state index is 12.0. The first-order valence-corrected chi connectivity index (χ1v) is 12.8. The van der Waals surface area contributed by atoms with Crippen molar-refractivity contribution >= 4 is 40.5 Å². The molecule has 4 rings (SSSR count). The molecule has 5 nitrogen and oxygen atoms in total. The lowest BCUT2D eigenvalue weighted by atomic mass is 9.91. The van der Waals surface area contributed by atoms with Gasteiger partial charge in [-0.15, -0.1) is 0 Å². The Bertz CT molecular complexity index is 1310. The number of unbranched alkanes of at least 4 members (excludes halogenated alkanes) is 1. The molecule has 2 aliphatic heterocycles. The Labute approximate surface area is 226 Å². The monoisotopic (exact) mass is 522 g/mol. The van der Waals surface area contributed by atoms with Gasteiger partial charge in [-0.2, -0.15) is 0 Å². The van der Waals surface area contributed by atoms with Crippen LogP contribution in [0.3, 0.4) is 0 Å². The normalized spacial score (nSPS) is 32.5. The maximum absolute atomic E-state index is 12.0. The van der Waals surface area contributed by atoms with E-state index in [-0.39, 0.29) is 34.1 Å². The van der Waals surface area contributed by atoms with E-state index >= 15 is 0 Å². The van der Waals surface area contributed by atoms with E-state index in [0.29, 0.717) is 31.6 Å². The summed E-state index contributed by atoms with van der Waals surface area (Å²) >= 11 is 12.9. The average Bonchev–Trinajstić information content (AvgIpc) is 2.85. The molecule has 0 aliphatic carbocycles. The molecule has 7 heteroatoms. The first kappa shape index (κ1) is 20.1. The van der Waals surface area contributed by atoms with Crippen LogP contribution in [0.15, 0.2) is 24.3 Å². The zero-order valence-electron chi connectivity index (χ0n) is 26.0. The topological polar surface area (TPSA) is 44.8 Å². The summed E-state index contributed by atoms with van der Waals surface area (Å²) in [5, 5.41) is 3.33. The first-order chi connectivity index (χ1) is 18.5. The SMILES string of the molecule is [2H]C1N(CCCCOc2cc3c(cc2C)C(C)CC(=O)N3)C([2H])([2H])C([2H])(C)N(c2ccc(C)c(Cl)c2Cl)C1([2H])C. The van der Waals surface area contributed by atoms with Crippen LogP contribution < -0.4 is 15.0 Å². The Morgan fingerprint density at radius 3 is 2.66 bits per heavy atom. The van der Waals surface area contributed by atoms with Gasteiger partial charge in [-0.05, 0) is 75.8 Å². The summed E-state index contributed by atoms with van der Waals surface area (Å²) in [4.78, 5) is 14.5. The van der Waals surface area contributed by atoms with E-state index in [9.17, 15) is 4.79 Å². The number of piperazine rings is 1. The molecule has 1 saturated heterocycles. The van der Waals surface area contributed by atoms with Crippen LogP contribution in [-0.4, -0.2) is 49.0 Å². The molecule has 4 unspecified atom stereocenters. The van der Waals surface area contributed by atoms with Crippen molar-refractivity contribution < 1.29 is 16.4 Å². The highest BCUT2D eigenvalue weighted by Gasteiger charge is 2.31. The van der Waals surface area contributed by atoms with Gasteiger partial charge in [0.05, 0.1) is 25.1 Å².